The highest BCUT2D eigenvalue weighted by molar-refractivity contribution is 6.24. The van der Waals surface area contributed by atoms with Crippen molar-refractivity contribution in [2.75, 3.05) is 11.4 Å². The predicted molar refractivity (Wildman–Crippen MR) is 122 cm³/mol. The Morgan fingerprint density at radius 3 is 2.42 bits per heavy atom. The van der Waals surface area contributed by atoms with Gasteiger partial charge in [0.1, 0.15) is 11.6 Å². The van der Waals surface area contributed by atoms with Gasteiger partial charge >= 0.3 is 0 Å². The Morgan fingerprint density at radius 2 is 1.74 bits per heavy atom. The maximum atomic E-state index is 12.9. The first kappa shape index (κ1) is 20.7. The van der Waals surface area contributed by atoms with Gasteiger partial charge < -0.3 is 4.81 Å². The smallest absolute Gasteiger partial charge is 0.271 e. The number of nitrogens with zero attached hydrogens (tertiary/aromatic N) is 3. The molecule has 2 aromatic carbocycles. The molecule has 0 aliphatic carbocycles. The van der Waals surface area contributed by atoms with Crippen LogP contribution >= 0.6 is 0 Å². The summed E-state index contributed by atoms with van der Waals surface area (Å²) >= 11 is 0. The summed E-state index contributed by atoms with van der Waals surface area (Å²) < 4.78 is 0. The van der Waals surface area contributed by atoms with E-state index in [-0.39, 0.29) is 23.4 Å². The lowest BCUT2D eigenvalue weighted by atomic mass is 9.72. The van der Waals surface area contributed by atoms with E-state index < -0.39 is 5.91 Å². The molecule has 2 radical (unpaired) electrons. The van der Waals surface area contributed by atoms with Crippen molar-refractivity contribution in [1.82, 2.24) is 4.90 Å². The standard InChI is InChI=1S/C25H22BN3O2/c1-5-28-23(30)17(15(2)18(14-27)24(28)31)12-16-10-11-22-20(13-16)25(3,4)19-8-6-7-9-21(19)29(22)26/h6-13H,5H2,1-4H3/b17-12+. The lowest BCUT2D eigenvalue weighted by Gasteiger charge is -2.41. The molecular weight excluding hydrogens is 385 g/mol. The molecule has 2 aliphatic rings. The molecule has 0 saturated heterocycles. The molecule has 0 saturated carbocycles. The number of anilines is 2. The summed E-state index contributed by atoms with van der Waals surface area (Å²) in [5, 5.41) is 9.45. The summed E-state index contributed by atoms with van der Waals surface area (Å²) in [6, 6.07) is 15.9. The SMILES string of the molecule is [B]N1c2ccccc2C(C)(C)c2cc(/C=C3/C(=O)N(CC)C(=O)C(C#N)=C3C)ccc21. The number of carbonyl (C=O) groups is 2. The summed E-state index contributed by atoms with van der Waals surface area (Å²) in [4.78, 5) is 28.2. The monoisotopic (exact) mass is 407 g/mol. The average Bonchev–Trinajstić information content (AvgIpc) is 2.76. The second-order valence-electron chi connectivity index (χ2n) is 8.31. The number of likely N-dealkylation sites (N-methyl/N-ethyl adjacent to an activating group) is 1. The number of fused-ring (bicyclic) bond motifs is 2. The van der Waals surface area contributed by atoms with Crippen LogP contribution in [0.5, 0.6) is 0 Å². The summed E-state index contributed by atoms with van der Waals surface area (Å²) in [6.07, 6.45) is 1.75. The zero-order valence-electron chi connectivity index (χ0n) is 18.1. The number of carbonyl (C=O) groups excluding carboxylic acids is 2. The topological polar surface area (TPSA) is 64.4 Å². The first-order valence-electron chi connectivity index (χ1n) is 10.2. The minimum Gasteiger partial charge on any atom is -0.397 e. The van der Waals surface area contributed by atoms with Crippen LogP contribution in [-0.2, 0) is 15.0 Å². The van der Waals surface area contributed by atoms with Gasteiger partial charge in [-0.25, -0.2) is 0 Å². The second-order valence-corrected chi connectivity index (χ2v) is 8.31. The fraction of sp³-hybridized carbons (Fsp3) is 0.240. The Morgan fingerprint density at radius 1 is 1.06 bits per heavy atom. The molecule has 2 amide bonds. The van der Waals surface area contributed by atoms with Crippen LogP contribution in [0.2, 0.25) is 0 Å². The summed E-state index contributed by atoms with van der Waals surface area (Å²) in [7, 11) is 6.42. The Hall–Kier alpha value is -3.59. The molecule has 0 N–H and O–H groups in total. The van der Waals surface area contributed by atoms with Crippen molar-refractivity contribution in [2.45, 2.75) is 33.1 Å². The van der Waals surface area contributed by atoms with Crippen LogP contribution in [0, 0.1) is 11.3 Å². The van der Waals surface area contributed by atoms with Crippen molar-refractivity contribution in [1.29, 1.82) is 5.26 Å². The van der Waals surface area contributed by atoms with Crippen molar-refractivity contribution in [3.05, 3.63) is 75.9 Å². The number of hydrogen-bond acceptors (Lipinski definition) is 4. The highest BCUT2D eigenvalue weighted by Gasteiger charge is 2.36. The van der Waals surface area contributed by atoms with Gasteiger partial charge in [0.2, 0.25) is 7.98 Å². The van der Waals surface area contributed by atoms with E-state index in [0.717, 1.165) is 33.0 Å². The number of rotatable bonds is 2. The molecule has 2 heterocycles. The van der Waals surface area contributed by atoms with Gasteiger partial charge in [-0.1, -0.05) is 38.1 Å². The van der Waals surface area contributed by atoms with E-state index >= 15 is 0 Å². The van der Waals surface area contributed by atoms with Crippen LogP contribution in [-0.4, -0.2) is 31.2 Å². The molecule has 6 heteroatoms. The number of hydrogen-bond donors (Lipinski definition) is 0. The normalized spacial score (nSPS) is 18.7. The Bertz CT molecular complexity index is 1230. The Kier molecular flexibility index (Phi) is 4.86. The van der Waals surface area contributed by atoms with E-state index in [9.17, 15) is 14.9 Å². The minimum atomic E-state index is -0.536. The van der Waals surface area contributed by atoms with Gasteiger partial charge in [-0.3, -0.25) is 14.5 Å². The van der Waals surface area contributed by atoms with E-state index in [0.29, 0.717) is 11.1 Å². The predicted octanol–water partition coefficient (Wildman–Crippen LogP) is 4.16. The molecule has 0 bridgehead atoms. The van der Waals surface area contributed by atoms with Gasteiger partial charge in [0.15, 0.2) is 0 Å². The lowest BCUT2D eigenvalue weighted by Crippen LogP contribution is -2.42. The maximum Gasteiger partial charge on any atom is 0.271 e. The number of para-hydroxylation sites is 1. The summed E-state index contributed by atoms with van der Waals surface area (Å²) in [5.41, 5.74) is 5.31. The molecule has 152 valence electrons. The van der Waals surface area contributed by atoms with Gasteiger partial charge in [0.05, 0.1) is 0 Å². The fourth-order valence-electron chi connectivity index (χ4n) is 4.42. The molecule has 4 rings (SSSR count). The van der Waals surface area contributed by atoms with Crippen LogP contribution in [0.4, 0.5) is 11.4 Å². The minimum absolute atomic E-state index is 0.00745. The molecule has 31 heavy (non-hydrogen) atoms. The molecule has 0 aromatic heterocycles. The van der Waals surface area contributed by atoms with Gasteiger partial charge in [-0.2, -0.15) is 5.26 Å². The third-order valence-electron chi connectivity index (χ3n) is 6.24. The summed E-state index contributed by atoms with van der Waals surface area (Å²) in [5.74, 6) is -0.918. The Labute approximate surface area is 183 Å². The van der Waals surface area contributed by atoms with Gasteiger partial charge in [-0.05, 0) is 60.4 Å². The van der Waals surface area contributed by atoms with Gasteiger partial charge in [-0.15, -0.1) is 0 Å². The molecule has 0 atom stereocenters. The highest BCUT2D eigenvalue weighted by Crippen LogP contribution is 2.48. The van der Waals surface area contributed by atoms with Crippen LogP contribution in [0.1, 0.15) is 44.4 Å². The molecule has 5 nitrogen and oxygen atoms in total. The largest absolute Gasteiger partial charge is 0.397 e. The van der Waals surface area contributed by atoms with Crippen molar-refractivity contribution in [2.24, 2.45) is 0 Å². The Balaban J connectivity index is 1.87. The third-order valence-corrected chi connectivity index (χ3v) is 6.24. The number of benzene rings is 2. The second kappa shape index (κ2) is 7.28. The van der Waals surface area contributed by atoms with E-state index in [4.69, 9.17) is 7.98 Å². The number of amides is 2. The average molecular weight is 407 g/mol. The van der Waals surface area contributed by atoms with E-state index in [1.54, 1.807) is 24.7 Å². The van der Waals surface area contributed by atoms with Crippen LogP contribution in [0.25, 0.3) is 6.08 Å². The first-order chi connectivity index (χ1) is 14.7. The summed E-state index contributed by atoms with van der Waals surface area (Å²) in [6.45, 7) is 7.88. The molecule has 2 aromatic rings. The molecule has 0 fully saturated rings. The first-order valence-corrected chi connectivity index (χ1v) is 10.2. The van der Waals surface area contributed by atoms with Crippen LogP contribution in [0.3, 0.4) is 0 Å². The van der Waals surface area contributed by atoms with E-state index in [2.05, 4.69) is 19.9 Å². The molecule has 0 spiro atoms. The zero-order chi connectivity index (χ0) is 22.5. The highest BCUT2D eigenvalue weighted by atomic mass is 16.2. The van der Waals surface area contributed by atoms with Crippen molar-refractivity contribution in [3.8, 4) is 6.07 Å². The van der Waals surface area contributed by atoms with Crippen molar-refractivity contribution >= 4 is 37.2 Å². The van der Waals surface area contributed by atoms with Crippen molar-refractivity contribution < 1.29 is 9.59 Å². The van der Waals surface area contributed by atoms with E-state index in [1.807, 2.05) is 42.5 Å². The number of imide groups is 1. The fourth-order valence-corrected chi connectivity index (χ4v) is 4.42. The molecular formula is C25H22BN3O2. The molecule has 0 unspecified atom stereocenters. The third kappa shape index (κ3) is 3.00. The van der Waals surface area contributed by atoms with Gasteiger partial charge in [0.25, 0.3) is 11.8 Å². The van der Waals surface area contributed by atoms with Gasteiger partial charge in [0, 0.05) is 28.9 Å². The van der Waals surface area contributed by atoms with Crippen LogP contribution < -0.4 is 4.81 Å². The lowest BCUT2D eigenvalue weighted by molar-refractivity contribution is -0.140. The maximum absolute atomic E-state index is 12.9. The van der Waals surface area contributed by atoms with E-state index in [1.165, 1.54) is 0 Å². The van der Waals surface area contributed by atoms with Crippen molar-refractivity contribution in [3.63, 3.8) is 0 Å². The quantitative estimate of drug-likeness (QED) is 0.426. The number of nitriles is 1. The zero-order valence-corrected chi connectivity index (χ0v) is 18.1. The van der Waals surface area contributed by atoms with Crippen LogP contribution in [0.15, 0.2) is 59.2 Å². The molecule has 2 aliphatic heterocycles.